The molecule has 0 aliphatic carbocycles. The molecule has 2 aromatic rings. The fraction of sp³-hybridized carbons (Fsp3) is 0.125. The molecule has 1 aliphatic heterocycles. The number of rotatable bonds is 2. The Morgan fingerprint density at radius 3 is 2.68 bits per heavy atom. The van der Waals surface area contributed by atoms with Crippen LogP contribution in [0.2, 0.25) is 0 Å². The number of nitrogens with zero attached hydrogens (tertiary/aromatic N) is 1. The highest BCUT2D eigenvalue weighted by Crippen LogP contribution is 2.35. The first-order valence-electron chi connectivity index (χ1n) is 6.69. The topological polar surface area (TPSA) is 41.6 Å². The predicted molar refractivity (Wildman–Crippen MR) is 93.9 cm³/mol. The number of thiocarbonyl (C=S) groups is 1. The minimum absolute atomic E-state index is 0.0188. The van der Waals surface area contributed by atoms with Crippen LogP contribution in [0.25, 0.3) is 0 Å². The van der Waals surface area contributed by atoms with Crippen molar-refractivity contribution in [3.8, 4) is 5.75 Å². The van der Waals surface area contributed by atoms with Crippen LogP contribution in [0.15, 0.2) is 53.4 Å². The van der Waals surface area contributed by atoms with Gasteiger partial charge in [0.25, 0.3) is 0 Å². The number of ether oxygens (including phenoxy) is 1. The normalized spacial score (nSPS) is 13.5. The molecule has 4 nitrogen and oxygen atoms in total. The number of hydrogen-bond acceptors (Lipinski definition) is 4. The predicted octanol–water partition coefficient (Wildman–Crippen LogP) is 3.53. The smallest absolute Gasteiger partial charge is 0.243 e. The summed E-state index contributed by atoms with van der Waals surface area (Å²) >= 11 is 6.96. The van der Waals surface area contributed by atoms with E-state index in [1.807, 2.05) is 48.5 Å². The summed E-state index contributed by atoms with van der Waals surface area (Å²) in [7, 11) is 1.62. The molecule has 3 rings (SSSR count). The van der Waals surface area contributed by atoms with Gasteiger partial charge in [-0.25, -0.2) is 0 Å². The molecule has 0 aromatic heterocycles. The SMILES string of the molecule is COc1ccc(NC(=S)N2C(=O)CSc3ccccc32)cc1. The maximum Gasteiger partial charge on any atom is 0.243 e. The summed E-state index contributed by atoms with van der Waals surface area (Å²) in [5.74, 6) is 1.14. The van der Waals surface area contributed by atoms with Gasteiger partial charge >= 0.3 is 0 Å². The number of carbonyl (C=O) groups excluding carboxylic acids is 1. The fourth-order valence-corrected chi connectivity index (χ4v) is 3.39. The molecule has 0 atom stereocenters. The first kappa shape index (κ1) is 14.9. The van der Waals surface area contributed by atoms with Crippen molar-refractivity contribution >= 4 is 46.4 Å². The van der Waals surface area contributed by atoms with Gasteiger partial charge in [-0.3, -0.25) is 9.69 Å². The maximum absolute atomic E-state index is 12.2. The molecular formula is C16H14N2O2S2. The van der Waals surface area contributed by atoms with E-state index >= 15 is 0 Å². The van der Waals surface area contributed by atoms with E-state index in [1.54, 1.807) is 12.0 Å². The molecule has 0 spiro atoms. The number of hydrogen-bond donors (Lipinski definition) is 1. The van der Waals surface area contributed by atoms with E-state index in [4.69, 9.17) is 17.0 Å². The van der Waals surface area contributed by atoms with Gasteiger partial charge in [-0.1, -0.05) is 12.1 Å². The molecule has 1 aliphatic rings. The Morgan fingerprint density at radius 1 is 1.23 bits per heavy atom. The van der Waals surface area contributed by atoms with E-state index in [0.717, 1.165) is 22.0 Å². The summed E-state index contributed by atoms with van der Waals surface area (Å²) in [4.78, 5) is 14.9. The maximum atomic E-state index is 12.2. The van der Waals surface area contributed by atoms with E-state index in [9.17, 15) is 4.79 Å². The van der Waals surface area contributed by atoms with Crippen molar-refractivity contribution in [2.75, 3.05) is 23.1 Å². The zero-order valence-corrected chi connectivity index (χ0v) is 13.5. The third-order valence-electron chi connectivity index (χ3n) is 3.25. The van der Waals surface area contributed by atoms with Crippen LogP contribution in [-0.4, -0.2) is 23.9 Å². The molecule has 0 saturated heterocycles. The largest absolute Gasteiger partial charge is 0.497 e. The number of fused-ring (bicyclic) bond motifs is 1. The van der Waals surface area contributed by atoms with Crippen LogP contribution < -0.4 is 15.0 Å². The van der Waals surface area contributed by atoms with Crippen molar-refractivity contribution in [3.63, 3.8) is 0 Å². The number of thioether (sulfide) groups is 1. The lowest BCUT2D eigenvalue weighted by atomic mass is 10.2. The van der Waals surface area contributed by atoms with Crippen molar-refractivity contribution in [3.05, 3.63) is 48.5 Å². The zero-order valence-electron chi connectivity index (χ0n) is 11.9. The van der Waals surface area contributed by atoms with Crippen molar-refractivity contribution < 1.29 is 9.53 Å². The lowest BCUT2D eigenvalue weighted by Gasteiger charge is -2.29. The molecule has 1 amide bonds. The van der Waals surface area contributed by atoms with Crippen LogP contribution in [-0.2, 0) is 4.79 Å². The van der Waals surface area contributed by atoms with Gasteiger partial charge in [0.2, 0.25) is 5.91 Å². The van der Waals surface area contributed by atoms with Crippen LogP contribution >= 0.6 is 24.0 Å². The Balaban J connectivity index is 1.83. The lowest BCUT2D eigenvalue weighted by molar-refractivity contribution is -0.115. The number of carbonyl (C=O) groups is 1. The molecule has 0 unspecified atom stereocenters. The van der Waals surface area contributed by atoms with Crippen LogP contribution in [0.1, 0.15) is 0 Å². The standard InChI is InChI=1S/C16H14N2O2S2/c1-20-12-8-6-11(7-9-12)17-16(21)18-13-4-2-3-5-14(13)22-10-15(18)19/h2-9H,10H2,1H3,(H,17,21). The number of amides is 1. The highest BCUT2D eigenvalue weighted by molar-refractivity contribution is 8.00. The highest BCUT2D eigenvalue weighted by Gasteiger charge is 2.27. The van der Waals surface area contributed by atoms with Crippen LogP contribution in [0, 0.1) is 0 Å². The van der Waals surface area contributed by atoms with Gasteiger partial charge in [0, 0.05) is 10.6 Å². The molecule has 1 heterocycles. The summed E-state index contributed by atoms with van der Waals surface area (Å²) in [5, 5.41) is 3.48. The second-order valence-electron chi connectivity index (χ2n) is 4.64. The van der Waals surface area contributed by atoms with Gasteiger partial charge in [0.1, 0.15) is 5.75 Å². The number of para-hydroxylation sites is 1. The van der Waals surface area contributed by atoms with Crippen LogP contribution in [0.5, 0.6) is 5.75 Å². The first-order valence-corrected chi connectivity index (χ1v) is 8.08. The second-order valence-corrected chi connectivity index (χ2v) is 6.05. The molecule has 0 fully saturated rings. The van der Waals surface area contributed by atoms with Gasteiger partial charge in [0.15, 0.2) is 5.11 Å². The Labute approximate surface area is 138 Å². The van der Waals surface area contributed by atoms with Crippen molar-refractivity contribution in [1.29, 1.82) is 0 Å². The number of nitrogens with one attached hydrogen (secondary N) is 1. The van der Waals surface area contributed by atoms with E-state index in [2.05, 4.69) is 5.32 Å². The molecule has 0 bridgehead atoms. The lowest BCUT2D eigenvalue weighted by Crippen LogP contribution is -2.43. The van der Waals surface area contributed by atoms with E-state index in [1.165, 1.54) is 11.8 Å². The van der Waals surface area contributed by atoms with Crippen molar-refractivity contribution in [2.45, 2.75) is 4.90 Å². The molecule has 22 heavy (non-hydrogen) atoms. The van der Waals surface area contributed by atoms with Crippen LogP contribution in [0.3, 0.4) is 0 Å². The first-order chi connectivity index (χ1) is 10.7. The summed E-state index contributed by atoms with van der Waals surface area (Å²) in [6.07, 6.45) is 0. The Bertz CT molecular complexity index is 716. The van der Waals surface area contributed by atoms with Crippen molar-refractivity contribution in [2.24, 2.45) is 0 Å². The average molecular weight is 330 g/mol. The van der Waals surface area contributed by atoms with Gasteiger partial charge in [0.05, 0.1) is 18.6 Å². The number of anilines is 2. The number of methoxy groups -OCH3 is 1. The summed E-state index contributed by atoms with van der Waals surface area (Å²) in [6, 6.07) is 15.2. The van der Waals surface area contributed by atoms with Gasteiger partial charge in [-0.2, -0.15) is 0 Å². The Morgan fingerprint density at radius 2 is 1.95 bits per heavy atom. The third-order valence-corrected chi connectivity index (χ3v) is 4.58. The summed E-state index contributed by atoms with van der Waals surface area (Å²) in [6.45, 7) is 0. The quantitative estimate of drug-likeness (QED) is 0.853. The van der Waals surface area contributed by atoms with Gasteiger partial charge < -0.3 is 10.1 Å². The van der Waals surface area contributed by atoms with E-state index in [0.29, 0.717) is 10.9 Å². The molecule has 112 valence electrons. The molecule has 2 aromatic carbocycles. The molecule has 0 saturated carbocycles. The van der Waals surface area contributed by atoms with E-state index in [-0.39, 0.29) is 5.91 Å². The highest BCUT2D eigenvalue weighted by atomic mass is 32.2. The van der Waals surface area contributed by atoms with E-state index < -0.39 is 0 Å². The monoisotopic (exact) mass is 330 g/mol. The average Bonchev–Trinajstić information content (AvgIpc) is 2.55. The van der Waals surface area contributed by atoms with Crippen LogP contribution in [0.4, 0.5) is 11.4 Å². The molecule has 6 heteroatoms. The third kappa shape index (κ3) is 2.93. The van der Waals surface area contributed by atoms with Gasteiger partial charge in [-0.15, -0.1) is 11.8 Å². The Hall–Kier alpha value is -2.05. The minimum Gasteiger partial charge on any atom is -0.497 e. The molecule has 1 N–H and O–H groups in total. The summed E-state index contributed by atoms with van der Waals surface area (Å²) < 4.78 is 5.13. The number of benzene rings is 2. The Kier molecular flexibility index (Phi) is 4.31. The molecule has 0 radical (unpaired) electrons. The minimum atomic E-state index is -0.0188. The fourth-order valence-electron chi connectivity index (χ4n) is 2.18. The molecular weight excluding hydrogens is 316 g/mol. The van der Waals surface area contributed by atoms with Gasteiger partial charge in [-0.05, 0) is 48.6 Å². The zero-order chi connectivity index (χ0) is 15.5. The second kappa shape index (κ2) is 6.37. The van der Waals surface area contributed by atoms with Crippen molar-refractivity contribution in [1.82, 2.24) is 0 Å². The summed E-state index contributed by atoms with van der Waals surface area (Å²) in [5.41, 5.74) is 1.64.